The van der Waals surface area contributed by atoms with Crippen LogP contribution in [0.5, 0.6) is 0 Å². The molecule has 0 spiro atoms. The number of carbonyl (C=O) groups is 1. The average molecular weight is 418 g/mol. The number of piperidine rings is 1. The molecule has 0 saturated carbocycles. The number of hydrogen-bond donors (Lipinski definition) is 1. The molecular weight excluding hydrogens is 386 g/mol. The van der Waals surface area contributed by atoms with Gasteiger partial charge in [-0.2, -0.15) is 0 Å². The highest BCUT2D eigenvalue weighted by Gasteiger charge is 2.30. The van der Waals surface area contributed by atoms with Gasteiger partial charge in [0.05, 0.1) is 11.0 Å². The third-order valence-corrected chi connectivity index (χ3v) is 6.79. The molecule has 1 amide bonds. The quantitative estimate of drug-likeness (QED) is 0.709. The largest absolute Gasteiger partial charge is 0.369 e. The summed E-state index contributed by atoms with van der Waals surface area (Å²) >= 11 is 0. The minimum absolute atomic E-state index is 0.0182. The van der Waals surface area contributed by atoms with Crippen LogP contribution in [0.25, 0.3) is 11.0 Å². The van der Waals surface area contributed by atoms with Gasteiger partial charge in [0.2, 0.25) is 5.91 Å². The van der Waals surface area contributed by atoms with Gasteiger partial charge in [-0.1, -0.05) is 37.3 Å². The van der Waals surface area contributed by atoms with Crippen molar-refractivity contribution >= 4 is 22.6 Å². The van der Waals surface area contributed by atoms with Gasteiger partial charge in [0.15, 0.2) is 0 Å². The highest BCUT2D eigenvalue weighted by molar-refractivity contribution is 5.82. The summed E-state index contributed by atoms with van der Waals surface area (Å²) in [6.07, 6.45) is 0.843. The van der Waals surface area contributed by atoms with E-state index in [1.165, 1.54) is 16.8 Å². The predicted octanol–water partition coefficient (Wildman–Crippen LogP) is 3.08. The van der Waals surface area contributed by atoms with Crippen molar-refractivity contribution in [2.75, 3.05) is 44.7 Å². The normalized spacial score (nSPS) is 22.6. The lowest BCUT2D eigenvalue weighted by Crippen LogP contribution is -2.44. The molecule has 162 valence electrons. The molecule has 0 bridgehead atoms. The van der Waals surface area contributed by atoms with Crippen molar-refractivity contribution in [3.8, 4) is 0 Å². The highest BCUT2D eigenvalue weighted by atomic mass is 16.1. The average Bonchev–Trinajstić information content (AvgIpc) is 3.14. The fourth-order valence-corrected chi connectivity index (χ4v) is 4.85. The van der Waals surface area contributed by atoms with Gasteiger partial charge in [-0.15, -0.1) is 0 Å². The van der Waals surface area contributed by atoms with Crippen LogP contribution in [0.4, 0.5) is 5.69 Å². The minimum Gasteiger partial charge on any atom is -0.369 e. The molecule has 1 aromatic heterocycles. The number of likely N-dealkylation sites (N-methyl/N-ethyl adjacent to an activating group) is 1. The Morgan fingerprint density at radius 1 is 1.06 bits per heavy atom. The molecule has 2 unspecified atom stereocenters. The first-order valence-corrected chi connectivity index (χ1v) is 11.3. The summed E-state index contributed by atoms with van der Waals surface area (Å²) in [6, 6.07) is 17.3. The second-order valence-electron chi connectivity index (χ2n) is 9.08. The number of benzene rings is 2. The van der Waals surface area contributed by atoms with Crippen LogP contribution >= 0.6 is 0 Å². The Labute approximate surface area is 183 Å². The van der Waals surface area contributed by atoms with E-state index >= 15 is 0 Å². The van der Waals surface area contributed by atoms with Crippen molar-refractivity contribution in [1.29, 1.82) is 0 Å². The zero-order valence-electron chi connectivity index (χ0n) is 18.4. The summed E-state index contributed by atoms with van der Waals surface area (Å²) in [5.41, 5.74) is 4.75. The molecule has 6 nitrogen and oxygen atoms in total. The second-order valence-corrected chi connectivity index (χ2v) is 9.08. The van der Waals surface area contributed by atoms with Crippen molar-refractivity contribution in [1.82, 2.24) is 19.8 Å². The third kappa shape index (κ3) is 4.04. The lowest BCUT2D eigenvalue weighted by atomic mass is 9.90. The van der Waals surface area contributed by atoms with Crippen molar-refractivity contribution in [2.24, 2.45) is 5.92 Å². The predicted molar refractivity (Wildman–Crippen MR) is 125 cm³/mol. The smallest absolute Gasteiger partial charge is 0.222 e. The van der Waals surface area contributed by atoms with Crippen molar-refractivity contribution in [2.45, 2.75) is 25.8 Å². The number of fused-ring (bicyclic) bond motifs is 1. The van der Waals surface area contributed by atoms with Crippen molar-refractivity contribution < 1.29 is 4.79 Å². The third-order valence-electron chi connectivity index (χ3n) is 6.79. The van der Waals surface area contributed by atoms with Crippen LogP contribution in [0.15, 0.2) is 48.5 Å². The summed E-state index contributed by atoms with van der Waals surface area (Å²) < 4.78 is 2.37. The van der Waals surface area contributed by atoms with Crippen LogP contribution in [-0.4, -0.2) is 60.1 Å². The molecule has 6 heteroatoms. The molecule has 2 saturated heterocycles. The monoisotopic (exact) mass is 417 g/mol. The fourth-order valence-electron chi connectivity index (χ4n) is 4.85. The van der Waals surface area contributed by atoms with Gasteiger partial charge < -0.3 is 19.7 Å². The number of hydrogen-bond acceptors (Lipinski definition) is 4. The Morgan fingerprint density at radius 3 is 2.58 bits per heavy atom. The van der Waals surface area contributed by atoms with E-state index in [2.05, 4.69) is 75.3 Å². The first-order valence-electron chi connectivity index (χ1n) is 11.3. The van der Waals surface area contributed by atoms with E-state index in [9.17, 15) is 4.79 Å². The second kappa shape index (κ2) is 8.35. The standard InChI is InChI=1S/C25H31N5O/c1-18-14-20(16-26-25(18)31)24-27-22-9-8-21(29-12-10-28(2)11-13-29)15-23(22)30(24)17-19-6-4-3-5-7-19/h3-9,15,18,20H,10-14,16-17H2,1-2H3,(H,26,31). The van der Waals surface area contributed by atoms with Gasteiger partial charge in [0.25, 0.3) is 0 Å². The Bertz CT molecular complexity index is 1070. The maximum atomic E-state index is 12.0. The van der Waals surface area contributed by atoms with Gasteiger partial charge in [0.1, 0.15) is 5.82 Å². The first kappa shape index (κ1) is 20.1. The van der Waals surface area contributed by atoms with E-state index in [1.54, 1.807) is 0 Å². The van der Waals surface area contributed by atoms with Gasteiger partial charge in [0, 0.05) is 56.8 Å². The summed E-state index contributed by atoms with van der Waals surface area (Å²) in [4.78, 5) is 21.9. The molecule has 31 heavy (non-hydrogen) atoms. The zero-order valence-corrected chi connectivity index (χ0v) is 18.4. The van der Waals surface area contributed by atoms with Crippen LogP contribution < -0.4 is 10.2 Å². The molecule has 2 aliphatic heterocycles. The Hall–Kier alpha value is -2.86. The Balaban J connectivity index is 1.55. The Morgan fingerprint density at radius 2 is 1.84 bits per heavy atom. The van der Waals surface area contributed by atoms with E-state index in [0.29, 0.717) is 6.54 Å². The number of rotatable bonds is 4. The molecule has 5 rings (SSSR count). The minimum atomic E-state index is 0.0182. The molecular formula is C25H31N5O. The van der Waals surface area contributed by atoms with E-state index in [0.717, 1.165) is 50.5 Å². The molecule has 3 heterocycles. The highest BCUT2D eigenvalue weighted by Crippen LogP contribution is 2.32. The maximum Gasteiger partial charge on any atom is 0.222 e. The van der Waals surface area contributed by atoms with Gasteiger partial charge in [-0.3, -0.25) is 4.79 Å². The molecule has 0 aliphatic carbocycles. The van der Waals surface area contributed by atoms with Crippen LogP contribution in [0.1, 0.15) is 30.7 Å². The van der Waals surface area contributed by atoms with Crippen LogP contribution in [0, 0.1) is 5.92 Å². The van der Waals surface area contributed by atoms with Crippen LogP contribution in [0.2, 0.25) is 0 Å². The summed E-state index contributed by atoms with van der Waals surface area (Å²) in [6.45, 7) is 7.74. The molecule has 0 radical (unpaired) electrons. The van der Waals surface area contributed by atoms with E-state index in [-0.39, 0.29) is 17.7 Å². The number of nitrogens with one attached hydrogen (secondary N) is 1. The Kier molecular flexibility index (Phi) is 5.40. The van der Waals surface area contributed by atoms with Gasteiger partial charge in [-0.05, 0) is 37.2 Å². The van der Waals surface area contributed by atoms with Crippen LogP contribution in [-0.2, 0) is 11.3 Å². The van der Waals surface area contributed by atoms with Crippen LogP contribution in [0.3, 0.4) is 0 Å². The van der Waals surface area contributed by atoms with E-state index in [4.69, 9.17) is 4.98 Å². The van der Waals surface area contributed by atoms with E-state index < -0.39 is 0 Å². The molecule has 3 aromatic rings. The summed E-state index contributed by atoms with van der Waals surface area (Å²) in [5.74, 6) is 1.49. The molecule has 1 N–H and O–H groups in total. The van der Waals surface area contributed by atoms with Gasteiger partial charge in [-0.25, -0.2) is 4.98 Å². The summed E-state index contributed by atoms with van der Waals surface area (Å²) in [7, 11) is 2.19. The zero-order chi connectivity index (χ0) is 21.4. The number of anilines is 1. The number of amides is 1. The number of nitrogens with zero attached hydrogens (tertiary/aromatic N) is 4. The number of imidazole rings is 1. The number of piperazine rings is 1. The molecule has 2 fully saturated rings. The lowest BCUT2D eigenvalue weighted by Gasteiger charge is -2.34. The van der Waals surface area contributed by atoms with Gasteiger partial charge >= 0.3 is 0 Å². The number of carbonyl (C=O) groups excluding carboxylic acids is 1. The first-order chi connectivity index (χ1) is 15.1. The maximum absolute atomic E-state index is 12.0. The molecule has 2 aromatic carbocycles. The SMILES string of the molecule is CC1CC(c2nc3ccc(N4CCN(C)CC4)cc3n2Cc2ccccc2)CNC1=O. The van der Waals surface area contributed by atoms with Crippen molar-refractivity contribution in [3.05, 3.63) is 59.9 Å². The summed E-state index contributed by atoms with van der Waals surface area (Å²) in [5, 5.41) is 3.08. The van der Waals surface area contributed by atoms with Crippen molar-refractivity contribution in [3.63, 3.8) is 0 Å². The number of aromatic nitrogens is 2. The molecule has 2 aliphatic rings. The topological polar surface area (TPSA) is 53.4 Å². The van der Waals surface area contributed by atoms with E-state index in [1.807, 2.05) is 6.92 Å². The molecule has 2 atom stereocenters. The fraction of sp³-hybridized carbons (Fsp3) is 0.440. The lowest BCUT2D eigenvalue weighted by molar-refractivity contribution is -0.126.